The number of carbonyl (C=O) groups excluding carboxylic acids is 3. The molecule has 0 radical (unpaired) electrons. The van der Waals surface area contributed by atoms with Crippen LogP contribution in [0.4, 0.5) is 5.69 Å². The topological polar surface area (TPSA) is 99.3 Å². The molecule has 0 aromatic heterocycles. The fourth-order valence-electron chi connectivity index (χ4n) is 2.68. The summed E-state index contributed by atoms with van der Waals surface area (Å²) in [6.07, 6.45) is 2.03. The zero-order valence-electron chi connectivity index (χ0n) is 15.6. The molecule has 0 saturated carbocycles. The molecular formula is C19H26N4O3S. The summed E-state index contributed by atoms with van der Waals surface area (Å²) in [6, 6.07) is 5.49. The average molecular weight is 391 g/mol. The number of hydrogen-bond donors (Lipinski definition) is 4. The largest absolute Gasteiger partial charge is 0.353 e. The lowest BCUT2D eigenvalue weighted by atomic mass is 10.1. The molecule has 1 saturated heterocycles. The minimum Gasteiger partial charge on any atom is -0.353 e. The number of aryl methyl sites for hydroxylation is 1. The Morgan fingerprint density at radius 1 is 1.33 bits per heavy atom. The quantitative estimate of drug-likeness (QED) is 0.503. The molecule has 1 aromatic carbocycles. The highest BCUT2D eigenvalue weighted by Gasteiger charge is 2.27. The molecule has 0 bridgehead atoms. The first-order valence-electron chi connectivity index (χ1n) is 8.79. The maximum Gasteiger partial charge on any atom is 0.234 e. The Bertz CT molecular complexity index is 723. The highest BCUT2D eigenvalue weighted by Crippen LogP contribution is 2.19. The molecule has 27 heavy (non-hydrogen) atoms. The molecule has 4 N–H and O–H groups in total. The zero-order chi connectivity index (χ0) is 19.8. The van der Waals surface area contributed by atoms with Gasteiger partial charge in [-0.15, -0.1) is 18.3 Å². The molecule has 2 rings (SSSR count). The lowest BCUT2D eigenvalue weighted by Gasteiger charge is -2.30. The number of anilines is 1. The van der Waals surface area contributed by atoms with Gasteiger partial charge in [0.2, 0.25) is 17.7 Å². The summed E-state index contributed by atoms with van der Waals surface area (Å²) in [6.45, 7) is 7.90. The molecule has 2 unspecified atom stereocenters. The normalized spacial score (nSPS) is 19.1. The van der Waals surface area contributed by atoms with E-state index in [-0.39, 0.29) is 42.4 Å². The van der Waals surface area contributed by atoms with Crippen molar-refractivity contribution in [1.29, 1.82) is 0 Å². The van der Waals surface area contributed by atoms with E-state index in [1.165, 1.54) is 11.8 Å². The van der Waals surface area contributed by atoms with E-state index >= 15 is 0 Å². The van der Waals surface area contributed by atoms with Gasteiger partial charge in [0.25, 0.3) is 0 Å². The van der Waals surface area contributed by atoms with Crippen molar-refractivity contribution in [2.75, 3.05) is 17.6 Å². The summed E-state index contributed by atoms with van der Waals surface area (Å²) >= 11 is 1.28. The molecule has 0 aliphatic carbocycles. The van der Waals surface area contributed by atoms with Gasteiger partial charge >= 0.3 is 0 Å². The predicted molar refractivity (Wildman–Crippen MR) is 108 cm³/mol. The van der Waals surface area contributed by atoms with Crippen LogP contribution in [0.15, 0.2) is 30.9 Å². The number of amides is 3. The summed E-state index contributed by atoms with van der Waals surface area (Å²) in [5, 5.41) is 11.6. The van der Waals surface area contributed by atoms with E-state index in [2.05, 4.69) is 27.8 Å². The van der Waals surface area contributed by atoms with E-state index < -0.39 is 5.50 Å². The summed E-state index contributed by atoms with van der Waals surface area (Å²) in [5.41, 5.74) is 2.52. The number of thioether (sulfide) groups is 1. The summed E-state index contributed by atoms with van der Waals surface area (Å²) in [5.74, 6) is -0.238. The SMILES string of the molecule is C=CCNC(=O)CC1CC(=O)NC(SCC(=O)Nc2cccc(C)c2C)N1. The Morgan fingerprint density at radius 3 is 2.85 bits per heavy atom. The van der Waals surface area contributed by atoms with E-state index in [4.69, 9.17) is 0 Å². The van der Waals surface area contributed by atoms with Crippen molar-refractivity contribution in [1.82, 2.24) is 16.0 Å². The van der Waals surface area contributed by atoms with Crippen LogP contribution in [0.5, 0.6) is 0 Å². The Kier molecular flexibility index (Phi) is 7.87. The van der Waals surface area contributed by atoms with Crippen LogP contribution in [0.2, 0.25) is 0 Å². The van der Waals surface area contributed by atoms with Crippen LogP contribution in [-0.2, 0) is 14.4 Å². The third kappa shape index (κ3) is 6.73. The molecule has 1 aliphatic heterocycles. The Balaban J connectivity index is 1.82. The van der Waals surface area contributed by atoms with E-state index in [0.717, 1.165) is 16.8 Å². The standard InChI is InChI=1S/C19H26N4O3S/c1-4-8-20-16(24)9-14-10-17(25)23-19(21-14)27-11-18(26)22-15-7-5-6-12(2)13(15)3/h4-7,14,19,21H,1,8-11H2,2-3H3,(H,20,24)(H,22,26)(H,23,25). The first-order valence-corrected chi connectivity index (χ1v) is 9.84. The van der Waals surface area contributed by atoms with E-state index in [9.17, 15) is 14.4 Å². The Hall–Kier alpha value is -2.32. The maximum absolute atomic E-state index is 12.2. The Morgan fingerprint density at radius 2 is 2.11 bits per heavy atom. The van der Waals surface area contributed by atoms with Gasteiger partial charge in [-0.25, -0.2) is 0 Å². The van der Waals surface area contributed by atoms with Gasteiger partial charge in [0, 0.05) is 31.1 Å². The lowest BCUT2D eigenvalue weighted by Crippen LogP contribution is -2.56. The molecule has 1 aromatic rings. The van der Waals surface area contributed by atoms with Gasteiger partial charge in [-0.3, -0.25) is 19.7 Å². The molecule has 3 amide bonds. The summed E-state index contributed by atoms with van der Waals surface area (Å²) in [4.78, 5) is 35.9. The number of benzene rings is 1. The minimum atomic E-state index is -0.409. The van der Waals surface area contributed by atoms with Gasteiger partial charge in [-0.05, 0) is 31.0 Å². The smallest absolute Gasteiger partial charge is 0.234 e. The van der Waals surface area contributed by atoms with Crippen LogP contribution >= 0.6 is 11.8 Å². The van der Waals surface area contributed by atoms with E-state index in [1.54, 1.807) is 6.08 Å². The van der Waals surface area contributed by atoms with E-state index in [1.807, 2.05) is 32.0 Å². The number of hydrogen-bond acceptors (Lipinski definition) is 5. The van der Waals surface area contributed by atoms with E-state index in [0.29, 0.717) is 6.54 Å². The van der Waals surface area contributed by atoms with Gasteiger partial charge < -0.3 is 16.0 Å². The van der Waals surface area contributed by atoms with Crippen LogP contribution in [-0.4, -0.2) is 41.6 Å². The molecule has 1 heterocycles. The fraction of sp³-hybridized carbons (Fsp3) is 0.421. The first-order chi connectivity index (χ1) is 12.9. The first kappa shape index (κ1) is 21.0. The van der Waals surface area contributed by atoms with Crippen molar-refractivity contribution in [2.24, 2.45) is 0 Å². The molecule has 8 heteroatoms. The third-order valence-electron chi connectivity index (χ3n) is 4.25. The third-order valence-corrected chi connectivity index (χ3v) is 5.26. The van der Waals surface area contributed by atoms with Crippen molar-refractivity contribution in [3.63, 3.8) is 0 Å². The van der Waals surface area contributed by atoms with Crippen molar-refractivity contribution >= 4 is 35.2 Å². The van der Waals surface area contributed by atoms with Gasteiger partial charge in [-0.1, -0.05) is 18.2 Å². The predicted octanol–water partition coefficient (Wildman–Crippen LogP) is 1.43. The number of carbonyl (C=O) groups is 3. The molecule has 0 spiro atoms. The molecule has 1 aliphatic rings. The molecule has 1 fully saturated rings. The average Bonchev–Trinajstić information content (AvgIpc) is 2.61. The van der Waals surface area contributed by atoms with Gasteiger partial charge in [0.1, 0.15) is 5.50 Å². The molecular weight excluding hydrogens is 364 g/mol. The minimum absolute atomic E-state index is 0.136. The van der Waals surface area contributed by atoms with Gasteiger partial charge in [-0.2, -0.15) is 0 Å². The zero-order valence-corrected chi connectivity index (χ0v) is 16.4. The second kappa shape index (κ2) is 10.1. The number of nitrogens with one attached hydrogen (secondary N) is 4. The Labute approximate surface area is 163 Å². The summed E-state index contributed by atoms with van der Waals surface area (Å²) in [7, 11) is 0. The molecule has 7 nitrogen and oxygen atoms in total. The highest BCUT2D eigenvalue weighted by molar-refractivity contribution is 8.00. The van der Waals surface area contributed by atoms with Crippen molar-refractivity contribution in [2.45, 2.75) is 38.2 Å². The van der Waals surface area contributed by atoms with Crippen molar-refractivity contribution in [3.8, 4) is 0 Å². The highest BCUT2D eigenvalue weighted by atomic mass is 32.2. The maximum atomic E-state index is 12.2. The lowest BCUT2D eigenvalue weighted by molar-refractivity contribution is -0.125. The molecule has 2 atom stereocenters. The van der Waals surface area contributed by atoms with Crippen LogP contribution in [0.25, 0.3) is 0 Å². The van der Waals surface area contributed by atoms with Crippen LogP contribution < -0.4 is 21.3 Å². The van der Waals surface area contributed by atoms with Crippen molar-refractivity contribution in [3.05, 3.63) is 42.0 Å². The second-order valence-corrected chi connectivity index (χ2v) is 7.51. The fourth-order valence-corrected chi connectivity index (χ4v) is 3.57. The van der Waals surface area contributed by atoms with Crippen LogP contribution in [0.1, 0.15) is 24.0 Å². The van der Waals surface area contributed by atoms with Crippen LogP contribution in [0, 0.1) is 13.8 Å². The summed E-state index contributed by atoms with van der Waals surface area (Å²) < 4.78 is 0. The van der Waals surface area contributed by atoms with Gasteiger partial charge in [0.15, 0.2) is 0 Å². The van der Waals surface area contributed by atoms with Crippen LogP contribution in [0.3, 0.4) is 0 Å². The molecule has 146 valence electrons. The number of rotatable bonds is 8. The monoisotopic (exact) mass is 390 g/mol. The van der Waals surface area contributed by atoms with Gasteiger partial charge in [0.05, 0.1) is 5.75 Å². The second-order valence-electron chi connectivity index (χ2n) is 6.42. The van der Waals surface area contributed by atoms with Crippen molar-refractivity contribution < 1.29 is 14.4 Å².